The van der Waals surface area contributed by atoms with Gasteiger partial charge in [-0.3, -0.25) is 9.59 Å². The Bertz CT molecular complexity index is 842. The molecule has 0 aliphatic heterocycles. The van der Waals surface area contributed by atoms with Crippen molar-refractivity contribution in [1.29, 1.82) is 0 Å². The van der Waals surface area contributed by atoms with Crippen LogP contribution in [-0.4, -0.2) is 37.0 Å². The van der Waals surface area contributed by atoms with Gasteiger partial charge in [0.2, 0.25) is 11.8 Å². The number of benzene rings is 2. The minimum absolute atomic E-state index is 0.206. The Labute approximate surface area is 165 Å². The zero-order valence-electron chi connectivity index (χ0n) is 16.8. The molecule has 2 atom stereocenters. The maximum absolute atomic E-state index is 12.8. The molecule has 150 valence electrons. The standard InChI is InChI=1S/C22H28N2O4/c1-14(2)12-19(23-15(3)25)21(26)24-20(22(27)28-4)13-17-10-7-9-16-8-5-6-11-18(16)17/h5-11,14,19-20H,12-13H2,1-4H3,(H,23,25)(H,24,26)/t19-,20-/m0/s1. The van der Waals surface area contributed by atoms with Crippen molar-refractivity contribution >= 4 is 28.6 Å². The van der Waals surface area contributed by atoms with E-state index in [0.717, 1.165) is 16.3 Å². The summed E-state index contributed by atoms with van der Waals surface area (Å²) in [6.45, 7) is 5.31. The van der Waals surface area contributed by atoms with Gasteiger partial charge in [0.25, 0.3) is 0 Å². The average Bonchev–Trinajstić information content (AvgIpc) is 2.65. The van der Waals surface area contributed by atoms with E-state index in [9.17, 15) is 14.4 Å². The van der Waals surface area contributed by atoms with Crippen molar-refractivity contribution in [3.05, 3.63) is 48.0 Å². The Morgan fingerprint density at radius 2 is 1.64 bits per heavy atom. The molecule has 6 heteroatoms. The fourth-order valence-corrected chi connectivity index (χ4v) is 3.25. The molecule has 2 amide bonds. The predicted molar refractivity (Wildman–Crippen MR) is 109 cm³/mol. The van der Waals surface area contributed by atoms with E-state index in [0.29, 0.717) is 12.8 Å². The van der Waals surface area contributed by atoms with Gasteiger partial charge < -0.3 is 15.4 Å². The Morgan fingerprint density at radius 3 is 2.29 bits per heavy atom. The van der Waals surface area contributed by atoms with E-state index in [-0.39, 0.29) is 17.7 Å². The molecule has 2 rings (SSSR count). The summed E-state index contributed by atoms with van der Waals surface area (Å²) in [6, 6.07) is 12.2. The van der Waals surface area contributed by atoms with E-state index in [4.69, 9.17) is 4.74 Å². The van der Waals surface area contributed by atoms with Crippen LogP contribution in [0.5, 0.6) is 0 Å². The van der Waals surface area contributed by atoms with Crippen LogP contribution < -0.4 is 10.6 Å². The summed E-state index contributed by atoms with van der Waals surface area (Å²) in [7, 11) is 1.30. The van der Waals surface area contributed by atoms with E-state index in [2.05, 4.69) is 10.6 Å². The first kappa shape index (κ1) is 21.4. The zero-order chi connectivity index (χ0) is 20.7. The highest BCUT2D eigenvalue weighted by Crippen LogP contribution is 2.20. The minimum Gasteiger partial charge on any atom is -0.467 e. The van der Waals surface area contributed by atoms with Crippen LogP contribution in [0.3, 0.4) is 0 Å². The first-order valence-electron chi connectivity index (χ1n) is 9.43. The molecule has 0 aliphatic carbocycles. The van der Waals surface area contributed by atoms with Crippen LogP contribution in [0.15, 0.2) is 42.5 Å². The lowest BCUT2D eigenvalue weighted by atomic mass is 9.98. The second-order valence-corrected chi connectivity index (χ2v) is 7.31. The topological polar surface area (TPSA) is 84.5 Å². The highest BCUT2D eigenvalue weighted by atomic mass is 16.5. The minimum atomic E-state index is -0.841. The number of methoxy groups -OCH3 is 1. The second-order valence-electron chi connectivity index (χ2n) is 7.31. The average molecular weight is 384 g/mol. The fourth-order valence-electron chi connectivity index (χ4n) is 3.25. The van der Waals surface area contributed by atoms with Crippen LogP contribution >= 0.6 is 0 Å². The molecular weight excluding hydrogens is 356 g/mol. The normalized spacial score (nSPS) is 13.0. The molecular formula is C22H28N2O4. The van der Waals surface area contributed by atoms with Gasteiger partial charge in [-0.2, -0.15) is 0 Å². The first-order valence-corrected chi connectivity index (χ1v) is 9.43. The number of amides is 2. The van der Waals surface area contributed by atoms with Crippen LogP contribution in [0.1, 0.15) is 32.8 Å². The number of rotatable bonds is 8. The van der Waals surface area contributed by atoms with Gasteiger partial charge in [-0.05, 0) is 28.7 Å². The molecule has 0 fully saturated rings. The van der Waals surface area contributed by atoms with Crippen LogP contribution in [0.25, 0.3) is 10.8 Å². The highest BCUT2D eigenvalue weighted by molar-refractivity contribution is 5.91. The van der Waals surface area contributed by atoms with Crippen LogP contribution in [0, 0.1) is 5.92 Å². The van der Waals surface area contributed by atoms with Crippen molar-refractivity contribution in [1.82, 2.24) is 10.6 Å². The molecule has 28 heavy (non-hydrogen) atoms. The molecule has 0 spiro atoms. The quantitative estimate of drug-likeness (QED) is 0.685. The molecule has 0 aliphatic rings. The Kier molecular flexibility index (Phi) is 7.55. The number of esters is 1. The molecule has 2 aromatic rings. The largest absolute Gasteiger partial charge is 0.467 e. The number of hydrogen-bond acceptors (Lipinski definition) is 4. The molecule has 0 bridgehead atoms. The van der Waals surface area contributed by atoms with Gasteiger partial charge in [-0.15, -0.1) is 0 Å². The molecule has 2 aromatic carbocycles. The van der Waals surface area contributed by atoms with Crippen LogP contribution in [0.4, 0.5) is 0 Å². The third kappa shape index (κ3) is 5.81. The zero-order valence-corrected chi connectivity index (χ0v) is 16.8. The number of fused-ring (bicyclic) bond motifs is 1. The number of nitrogens with one attached hydrogen (secondary N) is 2. The lowest BCUT2D eigenvalue weighted by Crippen LogP contribution is -2.52. The number of hydrogen-bond donors (Lipinski definition) is 2. The molecule has 0 heterocycles. The lowest BCUT2D eigenvalue weighted by Gasteiger charge is -2.23. The summed E-state index contributed by atoms with van der Waals surface area (Å²) in [4.78, 5) is 36.6. The summed E-state index contributed by atoms with van der Waals surface area (Å²) < 4.78 is 4.90. The molecule has 6 nitrogen and oxygen atoms in total. The molecule has 0 saturated heterocycles. The summed E-state index contributed by atoms with van der Waals surface area (Å²) in [5.74, 6) is -0.992. The van der Waals surface area contributed by atoms with Crippen molar-refractivity contribution in [3.63, 3.8) is 0 Å². The monoisotopic (exact) mass is 384 g/mol. The predicted octanol–water partition coefficient (Wildman–Crippen LogP) is 2.59. The lowest BCUT2D eigenvalue weighted by molar-refractivity contribution is -0.145. The third-order valence-corrected chi connectivity index (χ3v) is 4.51. The Hall–Kier alpha value is -2.89. The van der Waals surface area contributed by atoms with E-state index in [1.54, 1.807) is 0 Å². The van der Waals surface area contributed by atoms with E-state index in [1.165, 1.54) is 14.0 Å². The Morgan fingerprint density at radius 1 is 0.964 bits per heavy atom. The summed E-state index contributed by atoms with van der Waals surface area (Å²) >= 11 is 0. The van der Waals surface area contributed by atoms with Gasteiger partial charge >= 0.3 is 5.97 Å². The molecule has 0 radical (unpaired) electrons. The van der Waals surface area contributed by atoms with Crippen LogP contribution in [0.2, 0.25) is 0 Å². The molecule has 0 saturated carbocycles. The first-order chi connectivity index (χ1) is 13.3. The maximum atomic E-state index is 12.8. The maximum Gasteiger partial charge on any atom is 0.328 e. The number of carbonyl (C=O) groups is 3. The van der Waals surface area contributed by atoms with Crippen molar-refractivity contribution in [3.8, 4) is 0 Å². The SMILES string of the molecule is COC(=O)[C@H](Cc1cccc2ccccc12)NC(=O)[C@H](CC(C)C)NC(C)=O. The smallest absolute Gasteiger partial charge is 0.328 e. The van der Waals surface area contributed by atoms with E-state index < -0.39 is 18.1 Å². The van der Waals surface area contributed by atoms with Crippen molar-refractivity contribution in [2.75, 3.05) is 7.11 Å². The summed E-state index contributed by atoms with van der Waals surface area (Å²) in [5.41, 5.74) is 0.939. The van der Waals surface area contributed by atoms with Gasteiger partial charge in [0.1, 0.15) is 12.1 Å². The van der Waals surface area contributed by atoms with Gasteiger partial charge in [0.15, 0.2) is 0 Å². The van der Waals surface area contributed by atoms with Crippen molar-refractivity contribution < 1.29 is 19.1 Å². The summed E-state index contributed by atoms with van der Waals surface area (Å²) in [6.07, 6.45) is 0.780. The van der Waals surface area contributed by atoms with Gasteiger partial charge in [0, 0.05) is 13.3 Å². The Balaban J connectivity index is 2.24. The number of ether oxygens (including phenoxy) is 1. The van der Waals surface area contributed by atoms with E-state index in [1.807, 2.05) is 56.3 Å². The molecule has 0 aromatic heterocycles. The summed E-state index contributed by atoms with van der Waals surface area (Å²) in [5, 5.41) is 7.51. The molecule has 2 N–H and O–H groups in total. The van der Waals surface area contributed by atoms with Gasteiger partial charge in [-0.25, -0.2) is 4.79 Å². The van der Waals surface area contributed by atoms with Crippen LogP contribution in [-0.2, 0) is 25.5 Å². The van der Waals surface area contributed by atoms with E-state index >= 15 is 0 Å². The third-order valence-electron chi connectivity index (χ3n) is 4.51. The number of carbonyl (C=O) groups excluding carboxylic acids is 3. The van der Waals surface area contributed by atoms with Crippen molar-refractivity contribution in [2.45, 2.75) is 45.7 Å². The fraction of sp³-hybridized carbons (Fsp3) is 0.409. The second kappa shape index (κ2) is 9.88. The van der Waals surface area contributed by atoms with Crippen molar-refractivity contribution in [2.24, 2.45) is 5.92 Å². The highest BCUT2D eigenvalue weighted by Gasteiger charge is 2.27. The molecule has 0 unspecified atom stereocenters. The van der Waals surface area contributed by atoms with Gasteiger partial charge in [0.05, 0.1) is 7.11 Å². The van der Waals surface area contributed by atoms with Gasteiger partial charge in [-0.1, -0.05) is 56.3 Å².